The van der Waals surface area contributed by atoms with Crippen LogP contribution in [0.2, 0.25) is 5.02 Å². The molecule has 128 valence electrons. The predicted octanol–water partition coefficient (Wildman–Crippen LogP) is 4.02. The second kappa shape index (κ2) is 6.29. The summed E-state index contributed by atoms with van der Waals surface area (Å²) in [4.78, 5) is 23.8. The van der Waals surface area contributed by atoms with Gasteiger partial charge in [0.25, 0.3) is 5.91 Å². The Morgan fingerprint density at radius 2 is 1.96 bits per heavy atom. The zero-order valence-electron chi connectivity index (χ0n) is 13.0. The standard InChI is InChI=1S/C18H12ClF2NO3/c1-9-11(4-5-23)12-7-17(24)15(21)8-16(12)22(9)18(25)10-2-3-13(19)14(20)6-10/h2-3,5-8,24H,4H2,1H3. The fourth-order valence-electron chi connectivity index (χ4n) is 2.85. The summed E-state index contributed by atoms with van der Waals surface area (Å²) in [5.41, 5.74) is 1.11. The van der Waals surface area contributed by atoms with E-state index in [1.807, 2.05) is 0 Å². The molecule has 0 aliphatic carbocycles. The second-order valence-electron chi connectivity index (χ2n) is 5.52. The van der Waals surface area contributed by atoms with Crippen molar-refractivity contribution in [3.05, 3.63) is 63.8 Å². The van der Waals surface area contributed by atoms with Crippen LogP contribution in [0.1, 0.15) is 21.6 Å². The number of rotatable bonds is 3. The first-order valence-corrected chi connectivity index (χ1v) is 7.68. The first kappa shape index (κ1) is 17.1. The summed E-state index contributed by atoms with van der Waals surface area (Å²) in [6, 6.07) is 5.78. The molecule has 0 fully saturated rings. The molecule has 25 heavy (non-hydrogen) atoms. The lowest BCUT2D eigenvalue weighted by molar-refractivity contribution is -0.107. The van der Waals surface area contributed by atoms with Crippen molar-refractivity contribution < 1.29 is 23.5 Å². The minimum atomic E-state index is -0.904. The van der Waals surface area contributed by atoms with Crippen molar-refractivity contribution in [1.82, 2.24) is 4.57 Å². The average molecular weight is 364 g/mol. The third kappa shape index (κ3) is 2.78. The van der Waals surface area contributed by atoms with Gasteiger partial charge in [0.15, 0.2) is 11.6 Å². The van der Waals surface area contributed by atoms with Crippen LogP contribution in [0.4, 0.5) is 8.78 Å². The van der Waals surface area contributed by atoms with Crippen molar-refractivity contribution in [2.75, 3.05) is 0 Å². The Hall–Kier alpha value is -2.73. The molecule has 7 heteroatoms. The number of phenolic OH excluding ortho intramolecular Hbond substituents is 1. The summed E-state index contributed by atoms with van der Waals surface area (Å²) in [6.07, 6.45) is 0.640. The first-order chi connectivity index (χ1) is 11.8. The van der Waals surface area contributed by atoms with Crippen LogP contribution in [0, 0.1) is 18.6 Å². The minimum absolute atomic E-state index is 0.0112. The van der Waals surface area contributed by atoms with Crippen molar-refractivity contribution in [2.24, 2.45) is 0 Å². The highest BCUT2D eigenvalue weighted by atomic mass is 35.5. The number of hydrogen-bond acceptors (Lipinski definition) is 3. The lowest BCUT2D eigenvalue weighted by Gasteiger charge is -2.08. The number of aldehydes is 1. The van der Waals surface area contributed by atoms with Gasteiger partial charge in [-0.15, -0.1) is 0 Å². The Kier molecular flexibility index (Phi) is 4.30. The Bertz CT molecular complexity index is 1030. The number of aromatic hydroxyl groups is 1. The molecular formula is C18H12ClF2NO3. The predicted molar refractivity (Wildman–Crippen MR) is 89.2 cm³/mol. The van der Waals surface area contributed by atoms with Gasteiger partial charge in [-0.25, -0.2) is 8.78 Å². The number of aromatic nitrogens is 1. The van der Waals surface area contributed by atoms with E-state index in [4.69, 9.17) is 11.6 Å². The minimum Gasteiger partial charge on any atom is -0.505 e. The fourth-order valence-corrected chi connectivity index (χ4v) is 2.97. The molecule has 0 atom stereocenters. The largest absolute Gasteiger partial charge is 0.505 e. The van der Waals surface area contributed by atoms with Crippen LogP contribution in [-0.2, 0) is 11.2 Å². The summed E-state index contributed by atoms with van der Waals surface area (Å²) >= 11 is 5.63. The van der Waals surface area contributed by atoms with Gasteiger partial charge in [-0.1, -0.05) is 11.6 Å². The SMILES string of the molecule is Cc1c(CC=O)c2cc(O)c(F)cc2n1C(=O)c1ccc(Cl)c(F)c1. The van der Waals surface area contributed by atoms with Gasteiger partial charge >= 0.3 is 0 Å². The van der Waals surface area contributed by atoms with Gasteiger partial charge in [0, 0.05) is 29.1 Å². The lowest BCUT2D eigenvalue weighted by atomic mass is 10.1. The van der Waals surface area contributed by atoms with E-state index in [0.29, 0.717) is 22.9 Å². The van der Waals surface area contributed by atoms with Gasteiger partial charge in [-0.3, -0.25) is 9.36 Å². The van der Waals surface area contributed by atoms with E-state index in [9.17, 15) is 23.5 Å². The van der Waals surface area contributed by atoms with E-state index < -0.39 is 23.3 Å². The molecule has 3 aromatic rings. The molecular weight excluding hydrogens is 352 g/mol. The molecule has 0 saturated carbocycles. The summed E-state index contributed by atoms with van der Waals surface area (Å²) in [5.74, 6) is -2.83. The highest BCUT2D eigenvalue weighted by molar-refractivity contribution is 6.30. The van der Waals surface area contributed by atoms with Gasteiger partial charge < -0.3 is 9.90 Å². The number of fused-ring (bicyclic) bond motifs is 1. The van der Waals surface area contributed by atoms with Crippen molar-refractivity contribution in [3.63, 3.8) is 0 Å². The highest BCUT2D eigenvalue weighted by Gasteiger charge is 2.22. The lowest BCUT2D eigenvalue weighted by Crippen LogP contribution is -2.14. The van der Waals surface area contributed by atoms with E-state index in [0.717, 1.165) is 12.1 Å². The quantitative estimate of drug-likeness (QED) is 0.715. The van der Waals surface area contributed by atoms with E-state index in [1.165, 1.54) is 22.8 Å². The number of halogens is 3. The maximum absolute atomic E-state index is 13.8. The van der Waals surface area contributed by atoms with E-state index in [-0.39, 0.29) is 22.5 Å². The topological polar surface area (TPSA) is 59.3 Å². The number of benzene rings is 2. The van der Waals surface area contributed by atoms with Gasteiger partial charge in [-0.05, 0) is 36.8 Å². The molecule has 0 bridgehead atoms. The van der Waals surface area contributed by atoms with Crippen molar-refractivity contribution in [3.8, 4) is 5.75 Å². The molecule has 0 spiro atoms. The molecule has 1 aromatic heterocycles. The molecule has 0 aliphatic rings. The number of phenols is 1. The van der Waals surface area contributed by atoms with E-state index in [1.54, 1.807) is 6.92 Å². The Balaban J connectivity index is 2.29. The summed E-state index contributed by atoms with van der Waals surface area (Å²) in [6.45, 7) is 1.60. The third-order valence-electron chi connectivity index (χ3n) is 4.06. The first-order valence-electron chi connectivity index (χ1n) is 7.31. The zero-order valence-corrected chi connectivity index (χ0v) is 13.8. The maximum atomic E-state index is 13.8. The molecule has 0 radical (unpaired) electrons. The normalized spacial score (nSPS) is 11.0. The molecule has 3 rings (SSSR count). The average Bonchev–Trinajstić information content (AvgIpc) is 2.82. The van der Waals surface area contributed by atoms with E-state index >= 15 is 0 Å². The van der Waals surface area contributed by atoms with Gasteiger partial charge in [0.05, 0.1) is 10.5 Å². The molecule has 0 amide bonds. The van der Waals surface area contributed by atoms with Crippen LogP contribution in [0.3, 0.4) is 0 Å². The van der Waals surface area contributed by atoms with Crippen LogP contribution < -0.4 is 0 Å². The van der Waals surface area contributed by atoms with Crippen molar-refractivity contribution in [2.45, 2.75) is 13.3 Å². The van der Waals surface area contributed by atoms with Crippen molar-refractivity contribution >= 4 is 34.7 Å². The van der Waals surface area contributed by atoms with Crippen LogP contribution in [0.15, 0.2) is 30.3 Å². The Morgan fingerprint density at radius 1 is 1.24 bits per heavy atom. The van der Waals surface area contributed by atoms with E-state index in [2.05, 4.69) is 0 Å². The molecule has 0 saturated heterocycles. The highest BCUT2D eigenvalue weighted by Crippen LogP contribution is 2.32. The maximum Gasteiger partial charge on any atom is 0.262 e. The fraction of sp³-hybridized carbons (Fsp3) is 0.111. The van der Waals surface area contributed by atoms with Gasteiger partial charge in [0.1, 0.15) is 12.1 Å². The van der Waals surface area contributed by atoms with Crippen LogP contribution in [-0.4, -0.2) is 21.9 Å². The number of hydrogen-bond donors (Lipinski definition) is 1. The molecule has 0 unspecified atom stereocenters. The third-order valence-corrected chi connectivity index (χ3v) is 4.37. The molecule has 4 nitrogen and oxygen atoms in total. The van der Waals surface area contributed by atoms with Crippen LogP contribution in [0.25, 0.3) is 10.9 Å². The van der Waals surface area contributed by atoms with Gasteiger partial charge in [0.2, 0.25) is 0 Å². The second-order valence-corrected chi connectivity index (χ2v) is 5.93. The molecule has 1 N–H and O–H groups in total. The zero-order chi connectivity index (χ0) is 18.3. The van der Waals surface area contributed by atoms with Crippen LogP contribution >= 0.6 is 11.6 Å². The molecule has 0 aliphatic heterocycles. The summed E-state index contributed by atoms with van der Waals surface area (Å²) in [5, 5.41) is 9.87. The van der Waals surface area contributed by atoms with Gasteiger partial charge in [-0.2, -0.15) is 0 Å². The van der Waals surface area contributed by atoms with Crippen LogP contribution in [0.5, 0.6) is 5.75 Å². The Morgan fingerprint density at radius 3 is 2.60 bits per heavy atom. The number of carbonyl (C=O) groups excluding carboxylic acids is 2. The number of carbonyl (C=O) groups is 2. The molecule has 1 heterocycles. The summed E-state index contributed by atoms with van der Waals surface area (Å²) in [7, 11) is 0. The Labute approximate surface area is 146 Å². The number of nitrogens with zero attached hydrogens (tertiary/aromatic N) is 1. The monoisotopic (exact) mass is 363 g/mol. The van der Waals surface area contributed by atoms with Crippen molar-refractivity contribution in [1.29, 1.82) is 0 Å². The summed E-state index contributed by atoms with van der Waals surface area (Å²) < 4.78 is 28.7. The smallest absolute Gasteiger partial charge is 0.262 e. The molecule has 2 aromatic carbocycles.